The van der Waals surface area contributed by atoms with E-state index < -0.39 is 5.97 Å². The van der Waals surface area contributed by atoms with Gasteiger partial charge in [0.15, 0.2) is 5.69 Å². The normalized spacial score (nSPS) is 10.8. The highest BCUT2D eigenvalue weighted by Gasteiger charge is 2.13. The van der Waals surface area contributed by atoms with Crippen LogP contribution in [0.5, 0.6) is 0 Å². The lowest BCUT2D eigenvalue weighted by Crippen LogP contribution is -2.06. The molecule has 0 saturated carbocycles. The van der Waals surface area contributed by atoms with Crippen LogP contribution in [0.2, 0.25) is 0 Å². The zero-order chi connectivity index (χ0) is 10.0. The summed E-state index contributed by atoms with van der Waals surface area (Å²) in [6, 6.07) is 0. The number of halogens is 1. The van der Waals surface area contributed by atoms with Crippen molar-refractivity contribution in [3.63, 3.8) is 0 Å². The Morgan fingerprint density at radius 3 is 2.77 bits per heavy atom. The van der Waals surface area contributed by atoms with Crippen molar-refractivity contribution in [2.45, 2.75) is 20.4 Å². The average Bonchev–Trinajstić information content (AvgIpc) is 2.29. The number of nitrogens with zero attached hydrogens (tertiary/aromatic N) is 2. The first-order valence-corrected chi connectivity index (χ1v) is 4.76. The quantitative estimate of drug-likeness (QED) is 0.888. The molecule has 0 aromatic carbocycles. The van der Waals surface area contributed by atoms with Crippen LogP contribution in [0.15, 0.2) is 10.7 Å². The van der Waals surface area contributed by atoms with Gasteiger partial charge in [-0.3, -0.25) is 4.68 Å². The summed E-state index contributed by atoms with van der Waals surface area (Å²) in [6.07, 6.45) is 1.68. The fraction of sp³-hybridized carbons (Fsp3) is 0.500. The molecule has 0 fully saturated rings. The van der Waals surface area contributed by atoms with Crippen LogP contribution in [0.1, 0.15) is 24.3 Å². The molecule has 0 atom stereocenters. The Morgan fingerprint density at radius 1 is 1.77 bits per heavy atom. The first kappa shape index (κ1) is 10.2. The molecule has 1 aromatic rings. The van der Waals surface area contributed by atoms with E-state index in [1.54, 1.807) is 10.9 Å². The van der Waals surface area contributed by atoms with Gasteiger partial charge in [0.2, 0.25) is 0 Å². The van der Waals surface area contributed by atoms with Gasteiger partial charge in [-0.25, -0.2) is 4.79 Å². The van der Waals surface area contributed by atoms with Gasteiger partial charge in [0.1, 0.15) is 0 Å². The Hall–Kier alpha value is -0.840. The van der Waals surface area contributed by atoms with Crippen LogP contribution in [0.4, 0.5) is 0 Å². The third-order valence-corrected chi connectivity index (χ3v) is 2.05. The molecule has 0 aliphatic rings. The van der Waals surface area contributed by atoms with Crippen LogP contribution >= 0.6 is 15.9 Å². The number of carboxylic acids is 1. The molecule has 72 valence electrons. The van der Waals surface area contributed by atoms with E-state index >= 15 is 0 Å². The highest BCUT2D eigenvalue weighted by Crippen LogP contribution is 2.15. The van der Waals surface area contributed by atoms with Crippen LogP contribution in [-0.2, 0) is 6.54 Å². The molecule has 0 aliphatic carbocycles. The van der Waals surface area contributed by atoms with Gasteiger partial charge in [0.25, 0.3) is 0 Å². The topological polar surface area (TPSA) is 55.1 Å². The standard InChI is InChI=1S/C8H11BrN2O2/c1-5(2)3-11-4-6(9)7(10-11)8(12)13/h4-5H,3H2,1-2H3,(H,12,13). The van der Waals surface area contributed by atoms with Crippen molar-refractivity contribution in [1.29, 1.82) is 0 Å². The molecular weight excluding hydrogens is 236 g/mol. The van der Waals surface area contributed by atoms with E-state index in [9.17, 15) is 4.79 Å². The second-order valence-corrected chi connectivity index (χ2v) is 4.10. The minimum atomic E-state index is -1.01. The van der Waals surface area contributed by atoms with Crippen LogP contribution in [0.25, 0.3) is 0 Å². The summed E-state index contributed by atoms with van der Waals surface area (Å²) in [5.41, 5.74) is 0.0700. The molecule has 1 N–H and O–H groups in total. The average molecular weight is 247 g/mol. The number of aromatic nitrogens is 2. The Kier molecular flexibility index (Phi) is 3.08. The third-order valence-electron chi connectivity index (χ3n) is 1.47. The van der Waals surface area contributed by atoms with Crippen LogP contribution in [-0.4, -0.2) is 20.9 Å². The summed E-state index contributed by atoms with van der Waals surface area (Å²) in [4.78, 5) is 10.6. The van der Waals surface area contributed by atoms with E-state index in [4.69, 9.17) is 5.11 Å². The summed E-state index contributed by atoms with van der Waals surface area (Å²) in [5, 5.41) is 12.6. The summed E-state index contributed by atoms with van der Waals surface area (Å²) < 4.78 is 2.17. The molecule has 13 heavy (non-hydrogen) atoms. The lowest BCUT2D eigenvalue weighted by atomic mass is 10.2. The van der Waals surface area contributed by atoms with Gasteiger partial charge in [-0.15, -0.1) is 0 Å². The summed E-state index contributed by atoms with van der Waals surface area (Å²) >= 11 is 3.14. The predicted octanol–water partition coefficient (Wildman–Crippen LogP) is 2.00. The van der Waals surface area contributed by atoms with Crippen molar-refractivity contribution in [3.05, 3.63) is 16.4 Å². The molecule has 0 radical (unpaired) electrons. The fourth-order valence-electron chi connectivity index (χ4n) is 1.01. The molecule has 0 bridgehead atoms. The van der Waals surface area contributed by atoms with Gasteiger partial charge in [-0.2, -0.15) is 5.10 Å². The molecule has 0 saturated heterocycles. The molecule has 1 aromatic heterocycles. The van der Waals surface area contributed by atoms with Crippen molar-refractivity contribution >= 4 is 21.9 Å². The minimum Gasteiger partial charge on any atom is -0.476 e. The number of hydrogen-bond donors (Lipinski definition) is 1. The van der Waals surface area contributed by atoms with E-state index in [0.29, 0.717) is 10.4 Å². The first-order valence-electron chi connectivity index (χ1n) is 3.97. The van der Waals surface area contributed by atoms with Crippen LogP contribution in [0.3, 0.4) is 0 Å². The summed E-state index contributed by atoms with van der Waals surface area (Å²) in [6.45, 7) is 4.83. The molecule has 5 heteroatoms. The van der Waals surface area contributed by atoms with Gasteiger partial charge >= 0.3 is 5.97 Å². The summed E-state index contributed by atoms with van der Waals surface area (Å²) in [7, 11) is 0. The Labute approximate surface area is 84.7 Å². The minimum absolute atomic E-state index is 0.0700. The number of aromatic carboxylic acids is 1. The molecule has 0 unspecified atom stereocenters. The molecule has 0 spiro atoms. The number of carboxylic acid groups (broad SMARTS) is 1. The molecule has 1 heterocycles. The number of hydrogen-bond acceptors (Lipinski definition) is 2. The monoisotopic (exact) mass is 246 g/mol. The van der Waals surface area contributed by atoms with Gasteiger partial charge in [-0.1, -0.05) is 13.8 Å². The molecular formula is C8H11BrN2O2. The summed E-state index contributed by atoms with van der Waals surface area (Å²) in [5.74, 6) is -0.553. The highest BCUT2D eigenvalue weighted by molar-refractivity contribution is 9.10. The van der Waals surface area contributed by atoms with E-state index in [1.165, 1.54) is 0 Å². The second-order valence-electron chi connectivity index (χ2n) is 3.25. The van der Waals surface area contributed by atoms with Gasteiger partial charge < -0.3 is 5.11 Å². The molecule has 0 amide bonds. The van der Waals surface area contributed by atoms with Gasteiger partial charge in [-0.05, 0) is 21.8 Å². The lowest BCUT2D eigenvalue weighted by molar-refractivity contribution is 0.0688. The third kappa shape index (κ3) is 2.55. The maximum absolute atomic E-state index is 10.6. The SMILES string of the molecule is CC(C)Cn1cc(Br)c(C(=O)O)n1. The van der Waals surface area contributed by atoms with Gasteiger partial charge in [0.05, 0.1) is 4.47 Å². The first-order chi connectivity index (χ1) is 6.00. The highest BCUT2D eigenvalue weighted by atomic mass is 79.9. The van der Waals surface area contributed by atoms with Crippen molar-refractivity contribution in [2.24, 2.45) is 5.92 Å². The van der Waals surface area contributed by atoms with E-state index in [0.717, 1.165) is 6.54 Å². The molecule has 0 aliphatic heterocycles. The van der Waals surface area contributed by atoms with E-state index in [2.05, 4.69) is 34.9 Å². The maximum Gasteiger partial charge on any atom is 0.357 e. The van der Waals surface area contributed by atoms with Crippen LogP contribution < -0.4 is 0 Å². The maximum atomic E-state index is 10.6. The smallest absolute Gasteiger partial charge is 0.357 e. The largest absolute Gasteiger partial charge is 0.476 e. The van der Waals surface area contributed by atoms with Gasteiger partial charge in [0, 0.05) is 12.7 Å². The van der Waals surface area contributed by atoms with Crippen molar-refractivity contribution in [1.82, 2.24) is 9.78 Å². The predicted molar refractivity (Wildman–Crippen MR) is 51.7 cm³/mol. The Bertz CT molecular complexity index is 320. The van der Waals surface area contributed by atoms with Crippen molar-refractivity contribution in [3.8, 4) is 0 Å². The molecule has 4 nitrogen and oxygen atoms in total. The van der Waals surface area contributed by atoms with Crippen molar-refractivity contribution in [2.75, 3.05) is 0 Å². The van der Waals surface area contributed by atoms with Crippen LogP contribution in [0, 0.1) is 5.92 Å². The van der Waals surface area contributed by atoms with E-state index in [1.807, 2.05) is 0 Å². The number of carbonyl (C=O) groups is 1. The Balaban J connectivity index is 2.89. The molecule has 1 rings (SSSR count). The Morgan fingerprint density at radius 2 is 2.38 bits per heavy atom. The number of rotatable bonds is 3. The lowest BCUT2D eigenvalue weighted by Gasteiger charge is -2.02. The zero-order valence-electron chi connectivity index (χ0n) is 7.49. The van der Waals surface area contributed by atoms with Crippen molar-refractivity contribution < 1.29 is 9.90 Å². The fourth-order valence-corrected chi connectivity index (χ4v) is 1.49. The zero-order valence-corrected chi connectivity index (χ0v) is 9.08. The second kappa shape index (κ2) is 3.91. The van der Waals surface area contributed by atoms with E-state index in [-0.39, 0.29) is 5.69 Å².